The number of carbonyl (C=O) groups excluding carboxylic acids is 2. The Morgan fingerprint density at radius 2 is 1.96 bits per heavy atom. The van der Waals surface area contributed by atoms with E-state index in [-0.39, 0.29) is 12.3 Å². The van der Waals surface area contributed by atoms with Gasteiger partial charge in [-0.15, -0.1) is 0 Å². The Hall–Kier alpha value is -2.57. The third-order valence-corrected chi connectivity index (χ3v) is 4.96. The monoisotopic (exact) mass is 391 g/mol. The Morgan fingerprint density at radius 3 is 2.54 bits per heavy atom. The normalized spacial score (nSPS) is 23.4. The molecule has 154 valence electrons. The number of methoxy groups -OCH3 is 1. The number of esters is 1. The highest BCUT2D eigenvalue weighted by atomic mass is 16.5. The average Bonchev–Trinajstić information content (AvgIpc) is 2.65. The number of carboxylic acid groups (broad SMARTS) is 1. The molecule has 2 N–H and O–H groups in total. The molecular weight excluding hydrogens is 362 g/mol. The molecule has 0 aromatic heterocycles. The van der Waals surface area contributed by atoms with Gasteiger partial charge in [0.15, 0.2) is 0 Å². The molecular formula is C21H29NO6. The number of ether oxygens (including phenoxy) is 2. The predicted molar refractivity (Wildman–Crippen MR) is 103 cm³/mol. The smallest absolute Gasteiger partial charge is 0.328 e. The minimum Gasteiger partial charge on any atom is -0.494 e. The second-order valence-corrected chi connectivity index (χ2v) is 7.60. The van der Waals surface area contributed by atoms with Crippen LogP contribution in [0.2, 0.25) is 0 Å². The van der Waals surface area contributed by atoms with Gasteiger partial charge in [0.05, 0.1) is 25.6 Å². The third-order valence-electron chi connectivity index (χ3n) is 4.96. The molecule has 0 saturated carbocycles. The SMILES string of the molecule is COC(=O)[C@@H]1Cc2ccc(cc2)OCCC[C@H](C(=O)O)[C@@H](CC(C)C)C(=O)N1. The Kier molecular flexibility index (Phi) is 7.84. The first-order chi connectivity index (χ1) is 13.3. The van der Waals surface area contributed by atoms with E-state index in [2.05, 4.69) is 5.32 Å². The van der Waals surface area contributed by atoms with E-state index in [0.29, 0.717) is 31.6 Å². The van der Waals surface area contributed by atoms with Gasteiger partial charge in [-0.1, -0.05) is 26.0 Å². The van der Waals surface area contributed by atoms with Crippen molar-refractivity contribution < 1.29 is 29.0 Å². The molecule has 0 fully saturated rings. The topological polar surface area (TPSA) is 102 Å². The lowest BCUT2D eigenvalue weighted by atomic mass is 9.81. The van der Waals surface area contributed by atoms with E-state index >= 15 is 0 Å². The van der Waals surface area contributed by atoms with Crippen molar-refractivity contribution in [2.24, 2.45) is 17.8 Å². The van der Waals surface area contributed by atoms with Gasteiger partial charge in [-0.05, 0) is 42.9 Å². The fourth-order valence-corrected chi connectivity index (χ4v) is 3.52. The third kappa shape index (κ3) is 5.97. The first-order valence-electron chi connectivity index (χ1n) is 9.64. The number of hydrogen-bond acceptors (Lipinski definition) is 5. The lowest BCUT2D eigenvalue weighted by Crippen LogP contribution is -2.48. The maximum absolute atomic E-state index is 13.0. The van der Waals surface area contributed by atoms with Crippen molar-refractivity contribution in [3.05, 3.63) is 29.8 Å². The van der Waals surface area contributed by atoms with Crippen LogP contribution in [-0.2, 0) is 25.5 Å². The van der Waals surface area contributed by atoms with Crippen molar-refractivity contribution in [1.29, 1.82) is 0 Å². The van der Waals surface area contributed by atoms with E-state index in [0.717, 1.165) is 5.56 Å². The summed E-state index contributed by atoms with van der Waals surface area (Å²) in [7, 11) is 1.27. The molecule has 1 aromatic rings. The van der Waals surface area contributed by atoms with Crippen molar-refractivity contribution in [2.45, 2.75) is 45.6 Å². The number of benzene rings is 1. The van der Waals surface area contributed by atoms with Crippen molar-refractivity contribution in [1.82, 2.24) is 5.32 Å². The summed E-state index contributed by atoms with van der Waals surface area (Å²) in [6, 6.07) is 6.40. The van der Waals surface area contributed by atoms with E-state index in [1.807, 2.05) is 26.0 Å². The van der Waals surface area contributed by atoms with E-state index in [9.17, 15) is 19.5 Å². The summed E-state index contributed by atoms with van der Waals surface area (Å²) in [6.45, 7) is 4.27. The van der Waals surface area contributed by atoms with Gasteiger partial charge in [-0.2, -0.15) is 0 Å². The Morgan fingerprint density at radius 1 is 1.29 bits per heavy atom. The molecule has 2 bridgehead atoms. The van der Waals surface area contributed by atoms with Gasteiger partial charge in [0.1, 0.15) is 11.8 Å². The van der Waals surface area contributed by atoms with Crippen molar-refractivity contribution in [2.75, 3.05) is 13.7 Å². The van der Waals surface area contributed by atoms with Gasteiger partial charge >= 0.3 is 11.9 Å². The number of aliphatic carboxylic acids is 1. The van der Waals surface area contributed by atoms with Gasteiger partial charge in [0.2, 0.25) is 5.91 Å². The second-order valence-electron chi connectivity index (χ2n) is 7.60. The number of nitrogens with one attached hydrogen (secondary N) is 1. The van der Waals surface area contributed by atoms with E-state index in [4.69, 9.17) is 9.47 Å². The molecule has 2 aliphatic heterocycles. The molecule has 2 heterocycles. The highest BCUT2D eigenvalue weighted by Gasteiger charge is 2.36. The fourth-order valence-electron chi connectivity index (χ4n) is 3.52. The van der Waals surface area contributed by atoms with Crippen LogP contribution in [-0.4, -0.2) is 42.7 Å². The minimum atomic E-state index is -1.01. The zero-order valence-corrected chi connectivity index (χ0v) is 16.6. The highest BCUT2D eigenvalue weighted by molar-refractivity contribution is 5.88. The largest absolute Gasteiger partial charge is 0.494 e. The maximum atomic E-state index is 13.0. The molecule has 1 aromatic carbocycles. The molecule has 0 unspecified atom stereocenters. The van der Waals surface area contributed by atoms with Crippen LogP contribution in [0.1, 0.15) is 38.7 Å². The van der Waals surface area contributed by atoms with Crippen molar-refractivity contribution in [3.8, 4) is 5.75 Å². The molecule has 3 rings (SSSR count). The lowest BCUT2D eigenvalue weighted by Gasteiger charge is -2.27. The molecule has 7 nitrogen and oxygen atoms in total. The minimum absolute atomic E-state index is 0.135. The molecule has 0 spiro atoms. The molecule has 3 atom stereocenters. The molecule has 0 aliphatic carbocycles. The van der Waals surface area contributed by atoms with Crippen LogP contribution in [0.15, 0.2) is 24.3 Å². The Bertz CT molecular complexity index is 685. The van der Waals surface area contributed by atoms with Crippen LogP contribution in [0.3, 0.4) is 0 Å². The number of hydrogen-bond donors (Lipinski definition) is 2. The van der Waals surface area contributed by atoms with Gasteiger partial charge in [0.25, 0.3) is 0 Å². The van der Waals surface area contributed by atoms with Gasteiger partial charge < -0.3 is 19.9 Å². The number of rotatable bonds is 4. The molecule has 28 heavy (non-hydrogen) atoms. The standard InChI is InChI=1S/C21H29NO6/c1-13(2)11-17-16(20(24)25)5-4-10-28-15-8-6-14(7-9-15)12-18(21(26)27-3)22-19(17)23/h6-9,13,16-18H,4-5,10-12H2,1-3H3,(H,22,23)(H,24,25)/t16-,17+,18-/m0/s1. The van der Waals surface area contributed by atoms with Gasteiger partial charge in [0, 0.05) is 6.42 Å². The highest BCUT2D eigenvalue weighted by Crippen LogP contribution is 2.27. The molecule has 1 amide bonds. The number of carbonyl (C=O) groups is 3. The average molecular weight is 391 g/mol. The van der Waals surface area contributed by atoms with E-state index in [1.54, 1.807) is 12.1 Å². The summed E-state index contributed by atoms with van der Waals surface area (Å²) >= 11 is 0. The van der Waals surface area contributed by atoms with Crippen LogP contribution >= 0.6 is 0 Å². The lowest BCUT2D eigenvalue weighted by molar-refractivity contribution is -0.149. The fraction of sp³-hybridized carbons (Fsp3) is 0.571. The summed E-state index contributed by atoms with van der Waals surface area (Å²) in [5.74, 6) is -2.74. The zero-order valence-electron chi connectivity index (χ0n) is 16.6. The number of amides is 1. The van der Waals surface area contributed by atoms with Crippen LogP contribution in [0.4, 0.5) is 0 Å². The van der Waals surface area contributed by atoms with E-state index < -0.39 is 35.7 Å². The van der Waals surface area contributed by atoms with Crippen LogP contribution < -0.4 is 10.1 Å². The maximum Gasteiger partial charge on any atom is 0.328 e. The van der Waals surface area contributed by atoms with E-state index in [1.165, 1.54) is 7.11 Å². The Balaban J connectivity index is 2.36. The number of fused-ring (bicyclic) bond motifs is 11. The van der Waals surface area contributed by atoms with Crippen molar-refractivity contribution >= 4 is 17.8 Å². The summed E-state index contributed by atoms with van der Waals surface area (Å²) in [5.41, 5.74) is 0.843. The van der Waals surface area contributed by atoms with Crippen LogP contribution in [0.25, 0.3) is 0 Å². The Labute approximate surface area is 165 Å². The first kappa shape index (κ1) is 21.7. The second kappa shape index (κ2) is 10.1. The van der Waals surface area contributed by atoms with Gasteiger partial charge in [-0.3, -0.25) is 9.59 Å². The molecule has 2 aliphatic rings. The summed E-state index contributed by atoms with van der Waals surface area (Å²) in [6.07, 6.45) is 1.51. The van der Waals surface area contributed by atoms with Gasteiger partial charge in [-0.25, -0.2) is 4.79 Å². The molecule has 0 saturated heterocycles. The first-order valence-corrected chi connectivity index (χ1v) is 9.64. The molecule has 7 heteroatoms. The predicted octanol–water partition coefficient (Wildman–Crippen LogP) is 2.42. The zero-order chi connectivity index (χ0) is 20.7. The summed E-state index contributed by atoms with van der Waals surface area (Å²) in [4.78, 5) is 37.1. The summed E-state index contributed by atoms with van der Waals surface area (Å²) in [5, 5.41) is 12.5. The van der Waals surface area contributed by atoms with Crippen LogP contribution in [0, 0.1) is 17.8 Å². The quantitative estimate of drug-likeness (QED) is 0.765. The van der Waals surface area contributed by atoms with Crippen LogP contribution in [0.5, 0.6) is 5.75 Å². The summed E-state index contributed by atoms with van der Waals surface area (Å²) < 4.78 is 10.5. The molecule has 0 radical (unpaired) electrons. The number of carboxylic acids is 1. The van der Waals surface area contributed by atoms with Crippen molar-refractivity contribution in [3.63, 3.8) is 0 Å².